The fourth-order valence-corrected chi connectivity index (χ4v) is 3.08. The number of aliphatic hydroxyl groups is 1. The molecule has 0 spiro atoms. The van der Waals surface area contributed by atoms with E-state index in [4.69, 9.17) is 0 Å². The van der Waals surface area contributed by atoms with Gasteiger partial charge in [0.15, 0.2) is 0 Å². The van der Waals surface area contributed by atoms with E-state index in [9.17, 15) is 14.3 Å². The Labute approximate surface area is 178 Å². The molecule has 9 nitrogen and oxygen atoms in total. The number of aromatic nitrogens is 5. The molecule has 0 radical (unpaired) electrons. The lowest BCUT2D eigenvalue weighted by Gasteiger charge is -2.14. The van der Waals surface area contributed by atoms with Gasteiger partial charge in [-0.3, -0.25) is 9.78 Å². The summed E-state index contributed by atoms with van der Waals surface area (Å²) < 4.78 is 13.1. The first-order chi connectivity index (χ1) is 15.0. The van der Waals surface area contributed by atoms with Crippen LogP contribution < -0.4 is 10.6 Å². The van der Waals surface area contributed by atoms with E-state index in [1.54, 1.807) is 18.5 Å². The highest BCUT2D eigenvalue weighted by Gasteiger charge is 2.43. The molecule has 3 atom stereocenters. The third-order valence-electron chi connectivity index (χ3n) is 5.05. The molecule has 3 N–H and O–H groups in total. The molecule has 0 aliphatic heterocycles. The molecule has 0 bridgehead atoms. The van der Waals surface area contributed by atoms with Crippen molar-refractivity contribution in [1.82, 2.24) is 24.9 Å². The van der Waals surface area contributed by atoms with Gasteiger partial charge in [0.05, 0.1) is 47.2 Å². The van der Waals surface area contributed by atoms with Gasteiger partial charge >= 0.3 is 0 Å². The normalized spacial score (nSPS) is 18.3. The number of alkyl halides is 1. The van der Waals surface area contributed by atoms with Crippen LogP contribution in [0.15, 0.2) is 37.2 Å². The first kappa shape index (κ1) is 20.7. The summed E-state index contributed by atoms with van der Waals surface area (Å²) in [6.45, 7) is 3.80. The van der Waals surface area contributed by atoms with Crippen LogP contribution in [-0.2, 0) is 4.79 Å². The molecular formula is C21H22FN7O2. The Kier molecular flexibility index (Phi) is 5.81. The monoisotopic (exact) mass is 423 g/mol. The zero-order valence-electron chi connectivity index (χ0n) is 17.1. The fraction of sp³-hybridized carbons (Fsp3) is 0.333. The lowest BCUT2D eigenvalue weighted by molar-refractivity contribution is -0.117. The van der Waals surface area contributed by atoms with Crippen molar-refractivity contribution < 1.29 is 14.3 Å². The van der Waals surface area contributed by atoms with E-state index in [1.165, 1.54) is 12.7 Å². The van der Waals surface area contributed by atoms with E-state index in [1.807, 2.05) is 19.9 Å². The molecule has 3 heterocycles. The predicted molar refractivity (Wildman–Crippen MR) is 112 cm³/mol. The van der Waals surface area contributed by atoms with Crippen molar-refractivity contribution in [2.75, 3.05) is 10.6 Å². The van der Waals surface area contributed by atoms with Crippen LogP contribution >= 0.6 is 0 Å². The molecule has 0 aromatic carbocycles. The van der Waals surface area contributed by atoms with Crippen molar-refractivity contribution in [3.05, 3.63) is 48.4 Å². The maximum atomic E-state index is 13.1. The molecule has 31 heavy (non-hydrogen) atoms. The van der Waals surface area contributed by atoms with Crippen LogP contribution in [0, 0.1) is 12.8 Å². The van der Waals surface area contributed by atoms with E-state index < -0.39 is 24.1 Å². The summed E-state index contributed by atoms with van der Waals surface area (Å²) in [4.78, 5) is 33.0. The van der Waals surface area contributed by atoms with Crippen LogP contribution in [-0.4, -0.2) is 42.1 Å². The van der Waals surface area contributed by atoms with E-state index in [-0.39, 0.29) is 12.2 Å². The van der Waals surface area contributed by atoms with Crippen molar-refractivity contribution >= 4 is 23.1 Å². The number of nitrogens with zero attached hydrogens (tertiary/aromatic N) is 5. The summed E-state index contributed by atoms with van der Waals surface area (Å²) >= 11 is 0. The van der Waals surface area contributed by atoms with Crippen molar-refractivity contribution in [2.45, 2.75) is 39.0 Å². The van der Waals surface area contributed by atoms with Gasteiger partial charge in [0.2, 0.25) is 5.91 Å². The SMILES string of the molecule is CC[C@@H](O)c1cc(C)c(Nc2cncnc2-c2cc(NC(=O)[C@H]3C[C@H]3F)ncn2)cn1. The average Bonchev–Trinajstić information content (AvgIpc) is 3.52. The number of pyridine rings is 1. The van der Waals surface area contributed by atoms with Gasteiger partial charge in [-0.05, 0) is 31.4 Å². The molecule has 1 fully saturated rings. The molecule has 1 amide bonds. The summed E-state index contributed by atoms with van der Waals surface area (Å²) in [6.07, 6.45) is 5.08. The summed E-state index contributed by atoms with van der Waals surface area (Å²) in [5, 5.41) is 15.9. The molecule has 10 heteroatoms. The van der Waals surface area contributed by atoms with E-state index in [2.05, 4.69) is 35.6 Å². The second-order valence-electron chi connectivity index (χ2n) is 7.39. The number of aryl methyl sites for hydroxylation is 1. The minimum Gasteiger partial charge on any atom is -0.387 e. The van der Waals surface area contributed by atoms with Gasteiger partial charge in [-0.1, -0.05) is 6.92 Å². The minimum atomic E-state index is -1.08. The highest BCUT2D eigenvalue weighted by Crippen LogP contribution is 2.35. The number of rotatable bonds is 7. The Balaban J connectivity index is 1.58. The summed E-state index contributed by atoms with van der Waals surface area (Å²) in [5.74, 6) is -0.733. The van der Waals surface area contributed by atoms with Crippen molar-refractivity contribution in [3.8, 4) is 11.4 Å². The van der Waals surface area contributed by atoms with Gasteiger partial charge in [-0.2, -0.15) is 0 Å². The Hall–Kier alpha value is -3.53. The molecule has 3 aromatic heterocycles. The quantitative estimate of drug-likeness (QED) is 0.529. The number of halogens is 1. The van der Waals surface area contributed by atoms with Crippen LogP contribution in [0.5, 0.6) is 0 Å². The molecule has 4 rings (SSSR count). The summed E-state index contributed by atoms with van der Waals surface area (Å²) in [6, 6.07) is 3.40. The Morgan fingerprint density at radius 3 is 2.71 bits per heavy atom. The first-order valence-electron chi connectivity index (χ1n) is 9.95. The summed E-state index contributed by atoms with van der Waals surface area (Å²) in [7, 11) is 0. The van der Waals surface area contributed by atoms with Crippen LogP contribution in [0.1, 0.15) is 37.1 Å². The third kappa shape index (κ3) is 4.64. The third-order valence-corrected chi connectivity index (χ3v) is 5.05. The van der Waals surface area contributed by atoms with E-state index in [0.29, 0.717) is 29.2 Å². The van der Waals surface area contributed by atoms with Gasteiger partial charge < -0.3 is 15.7 Å². The van der Waals surface area contributed by atoms with Crippen molar-refractivity contribution in [2.24, 2.45) is 5.92 Å². The standard InChI is InChI=1S/C21H22FN7O2/c1-3-18(30)14-4-11(2)16(8-24-14)28-17-7-23-9-27-20(17)15-6-19(26-10-25-15)29-21(31)12-5-13(12)22/h4,6-10,12-13,18,28,30H,3,5H2,1-2H3,(H,25,26,29,31)/t12-,13+,18+/m0/s1. The van der Waals surface area contributed by atoms with Gasteiger partial charge in [0.1, 0.15) is 30.3 Å². The zero-order valence-corrected chi connectivity index (χ0v) is 17.1. The second-order valence-corrected chi connectivity index (χ2v) is 7.39. The second kappa shape index (κ2) is 8.68. The lowest BCUT2D eigenvalue weighted by Crippen LogP contribution is -2.16. The van der Waals surface area contributed by atoms with Crippen LogP contribution in [0.25, 0.3) is 11.4 Å². The summed E-state index contributed by atoms with van der Waals surface area (Å²) in [5.41, 5.74) is 3.78. The minimum absolute atomic E-state index is 0.241. The Bertz CT molecular complexity index is 1110. The number of hydrogen-bond acceptors (Lipinski definition) is 8. The topological polar surface area (TPSA) is 126 Å². The van der Waals surface area contributed by atoms with Crippen molar-refractivity contribution in [1.29, 1.82) is 0 Å². The van der Waals surface area contributed by atoms with Crippen LogP contribution in [0.2, 0.25) is 0 Å². The zero-order chi connectivity index (χ0) is 22.0. The number of carbonyl (C=O) groups is 1. The van der Waals surface area contributed by atoms with Gasteiger partial charge in [-0.15, -0.1) is 0 Å². The maximum absolute atomic E-state index is 13.1. The lowest BCUT2D eigenvalue weighted by atomic mass is 10.1. The Morgan fingerprint density at radius 2 is 2.00 bits per heavy atom. The maximum Gasteiger partial charge on any atom is 0.231 e. The van der Waals surface area contributed by atoms with E-state index in [0.717, 1.165) is 11.3 Å². The van der Waals surface area contributed by atoms with Crippen molar-refractivity contribution in [3.63, 3.8) is 0 Å². The molecule has 160 valence electrons. The van der Waals surface area contributed by atoms with Gasteiger partial charge in [0, 0.05) is 6.07 Å². The van der Waals surface area contributed by atoms with Crippen LogP contribution in [0.4, 0.5) is 21.6 Å². The molecule has 1 aliphatic carbocycles. The molecular weight excluding hydrogens is 401 g/mol. The number of aliphatic hydroxyl groups excluding tert-OH is 1. The van der Waals surface area contributed by atoms with Gasteiger partial charge in [-0.25, -0.2) is 24.3 Å². The number of anilines is 3. The molecule has 3 aromatic rings. The average molecular weight is 423 g/mol. The fourth-order valence-electron chi connectivity index (χ4n) is 3.08. The van der Waals surface area contributed by atoms with Crippen LogP contribution in [0.3, 0.4) is 0 Å². The molecule has 0 saturated heterocycles. The van der Waals surface area contributed by atoms with E-state index >= 15 is 0 Å². The predicted octanol–water partition coefficient (Wildman–Crippen LogP) is 3.12. The number of hydrogen-bond donors (Lipinski definition) is 3. The molecule has 1 aliphatic rings. The smallest absolute Gasteiger partial charge is 0.231 e. The highest BCUT2D eigenvalue weighted by molar-refractivity contribution is 5.94. The largest absolute Gasteiger partial charge is 0.387 e. The number of amides is 1. The number of carbonyl (C=O) groups excluding carboxylic acids is 1. The molecule has 1 saturated carbocycles. The highest BCUT2D eigenvalue weighted by atomic mass is 19.1. The number of nitrogens with one attached hydrogen (secondary N) is 2. The van der Waals surface area contributed by atoms with Gasteiger partial charge in [0.25, 0.3) is 0 Å². The molecule has 0 unspecified atom stereocenters. The Morgan fingerprint density at radius 1 is 1.19 bits per heavy atom. The first-order valence-corrected chi connectivity index (χ1v) is 9.95.